The van der Waals surface area contributed by atoms with Gasteiger partial charge in [-0.1, -0.05) is 18.2 Å². The second-order valence-electron chi connectivity index (χ2n) is 5.70. The van der Waals surface area contributed by atoms with E-state index in [2.05, 4.69) is 24.2 Å². The van der Waals surface area contributed by atoms with Crippen LogP contribution in [-0.4, -0.2) is 36.0 Å². The Labute approximate surface area is 120 Å². The van der Waals surface area contributed by atoms with Crippen molar-refractivity contribution in [3.8, 4) is 0 Å². The average molecular weight is 277 g/mol. The SMILES string of the molecule is CC(NCc1ccccc1[N+](=O)[O-])C1CCN(C)CC1. The van der Waals surface area contributed by atoms with E-state index in [1.165, 1.54) is 12.8 Å². The summed E-state index contributed by atoms with van der Waals surface area (Å²) in [6.45, 7) is 5.03. The Hall–Kier alpha value is -1.46. The van der Waals surface area contributed by atoms with Crippen molar-refractivity contribution in [1.82, 2.24) is 10.2 Å². The number of nitrogens with one attached hydrogen (secondary N) is 1. The number of hydrogen-bond acceptors (Lipinski definition) is 4. The zero-order chi connectivity index (χ0) is 14.5. The second-order valence-corrected chi connectivity index (χ2v) is 5.70. The van der Waals surface area contributed by atoms with Gasteiger partial charge in [-0.2, -0.15) is 0 Å². The van der Waals surface area contributed by atoms with E-state index in [9.17, 15) is 10.1 Å². The summed E-state index contributed by atoms with van der Waals surface area (Å²) < 4.78 is 0. The van der Waals surface area contributed by atoms with Crippen molar-refractivity contribution in [2.75, 3.05) is 20.1 Å². The van der Waals surface area contributed by atoms with Gasteiger partial charge in [-0.15, -0.1) is 0 Å². The lowest BCUT2D eigenvalue weighted by Gasteiger charge is -2.33. The molecule has 0 saturated carbocycles. The summed E-state index contributed by atoms with van der Waals surface area (Å²) in [4.78, 5) is 13.0. The van der Waals surface area contributed by atoms with Gasteiger partial charge in [-0.3, -0.25) is 10.1 Å². The highest BCUT2D eigenvalue weighted by atomic mass is 16.6. The lowest BCUT2D eigenvalue weighted by molar-refractivity contribution is -0.385. The Morgan fingerprint density at radius 2 is 2.05 bits per heavy atom. The summed E-state index contributed by atoms with van der Waals surface area (Å²) in [5, 5.41) is 14.4. The molecule has 0 aliphatic carbocycles. The summed E-state index contributed by atoms with van der Waals surface area (Å²) in [7, 11) is 2.15. The molecular formula is C15H23N3O2. The molecule has 1 unspecified atom stereocenters. The molecular weight excluding hydrogens is 254 g/mol. The predicted octanol–water partition coefficient (Wildman–Crippen LogP) is 2.41. The smallest absolute Gasteiger partial charge is 0.273 e. The fraction of sp³-hybridized carbons (Fsp3) is 0.600. The van der Waals surface area contributed by atoms with E-state index in [4.69, 9.17) is 0 Å². The van der Waals surface area contributed by atoms with E-state index in [1.54, 1.807) is 12.1 Å². The molecule has 1 heterocycles. The van der Waals surface area contributed by atoms with Gasteiger partial charge in [0.25, 0.3) is 5.69 Å². The number of nitro groups is 1. The van der Waals surface area contributed by atoms with Gasteiger partial charge in [0, 0.05) is 24.2 Å². The van der Waals surface area contributed by atoms with Gasteiger partial charge in [0.2, 0.25) is 0 Å². The number of nitrogens with zero attached hydrogens (tertiary/aromatic N) is 2. The Kier molecular flexibility index (Phi) is 5.09. The van der Waals surface area contributed by atoms with Crippen LogP contribution in [0.15, 0.2) is 24.3 Å². The molecule has 1 atom stereocenters. The Balaban J connectivity index is 1.90. The van der Waals surface area contributed by atoms with Gasteiger partial charge in [-0.05, 0) is 45.8 Å². The van der Waals surface area contributed by atoms with Gasteiger partial charge in [0.05, 0.1) is 4.92 Å². The number of piperidine rings is 1. The Morgan fingerprint density at radius 3 is 2.70 bits per heavy atom. The molecule has 110 valence electrons. The molecule has 5 nitrogen and oxygen atoms in total. The molecule has 1 fully saturated rings. The number of hydrogen-bond donors (Lipinski definition) is 1. The Bertz CT molecular complexity index is 456. The van der Waals surface area contributed by atoms with Crippen molar-refractivity contribution < 1.29 is 4.92 Å². The van der Waals surface area contributed by atoms with Crippen LogP contribution in [0.3, 0.4) is 0 Å². The topological polar surface area (TPSA) is 58.4 Å². The van der Waals surface area contributed by atoms with Gasteiger partial charge < -0.3 is 10.2 Å². The third-order valence-electron chi connectivity index (χ3n) is 4.27. The maximum atomic E-state index is 11.0. The standard InChI is InChI=1S/C15H23N3O2/c1-12(13-7-9-17(2)10-8-13)16-11-14-5-3-4-6-15(14)18(19)20/h3-6,12-13,16H,7-11H2,1-2H3. The molecule has 0 spiro atoms. The molecule has 0 aromatic heterocycles. The molecule has 1 saturated heterocycles. The highest BCUT2D eigenvalue weighted by Gasteiger charge is 2.22. The molecule has 5 heteroatoms. The minimum atomic E-state index is -0.308. The zero-order valence-corrected chi connectivity index (χ0v) is 12.2. The quantitative estimate of drug-likeness (QED) is 0.663. The fourth-order valence-electron chi connectivity index (χ4n) is 2.80. The molecule has 1 N–H and O–H groups in total. The van der Waals surface area contributed by atoms with Crippen molar-refractivity contribution in [2.24, 2.45) is 5.92 Å². The molecule has 1 aliphatic heterocycles. The predicted molar refractivity (Wildman–Crippen MR) is 79.6 cm³/mol. The van der Waals surface area contributed by atoms with E-state index in [0.717, 1.165) is 18.7 Å². The third kappa shape index (κ3) is 3.77. The highest BCUT2D eigenvalue weighted by molar-refractivity contribution is 5.39. The van der Waals surface area contributed by atoms with E-state index >= 15 is 0 Å². The monoisotopic (exact) mass is 277 g/mol. The lowest BCUT2D eigenvalue weighted by atomic mass is 9.90. The van der Waals surface area contributed by atoms with E-state index in [-0.39, 0.29) is 10.6 Å². The van der Waals surface area contributed by atoms with Crippen molar-refractivity contribution in [2.45, 2.75) is 32.4 Å². The van der Waals surface area contributed by atoms with Crippen molar-refractivity contribution in [1.29, 1.82) is 0 Å². The first-order chi connectivity index (χ1) is 9.58. The molecule has 1 aliphatic rings. The zero-order valence-electron chi connectivity index (χ0n) is 12.2. The van der Waals surface area contributed by atoms with Gasteiger partial charge in [-0.25, -0.2) is 0 Å². The Morgan fingerprint density at radius 1 is 1.40 bits per heavy atom. The van der Waals surface area contributed by atoms with Gasteiger partial charge in [0.1, 0.15) is 0 Å². The third-order valence-corrected chi connectivity index (χ3v) is 4.27. The summed E-state index contributed by atoms with van der Waals surface area (Å²) in [5.74, 6) is 0.661. The first-order valence-corrected chi connectivity index (χ1v) is 7.22. The molecule has 0 amide bonds. The number of nitro benzene ring substituents is 1. The minimum Gasteiger partial charge on any atom is -0.310 e. The molecule has 1 aromatic carbocycles. The molecule has 0 radical (unpaired) electrons. The van der Waals surface area contributed by atoms with Crippen LogP contribution in [0.25, 0.3) is 0 Å². The summed E-state index contributed by atoms with van der Waals surface area (Å²) >= 11 is 0. The van der Waals surface area contributed by atoms with Crippen molar-refractivity contribution in [3.63, 3.8) is 0 Å². The number of para-hydroxylation sites is 1. The van der Waals surface area contributed by atoms with Crippen molar-refractivity contribution in [3.05, 3.63) is 39.9 Å². The number of benzene rings is 1. The number of rotatable bonds is 5. The van der Waals surface area contributed by atoms with Crippen LogP contribution in [0.2, 0.25) is 0 Å². The highest BCUT2D eigenvalue weighted by Crippen LogP contribution is 2.21. The van der Waals surface area contributed by atoms with E-state index in [0.29, 0.717) is 18.5 Å². The second kappa shape index (κ2) is 6.81. The van der Waals surface area contributed by atoms with Crippen LogP contribution in [0.1, 0.15) is 25.3 Å². The summed E-state index contributed by atoms with van der Waals surface area (Å²) in [5.41, 5.74) is 0.966. The molecule has 20 heavy (non-hydrogen) atoms. The van der Waals surface area contributed by atoms with E-state index in [1.807, 2.05) is 12.1 Å². The minimum absolute atomic E-state index is 0.204. The first-order valence-electron chi connectivity index (χ1n) is 7.22. The molecule has 1 aromatic rings. The van der Waals surface area contributed by atoms with E-state index < -0.39 is 0 Å². The lowest BCUT2D eigenvalue weighted by Crippen LogP contribution is -2.40. The van der Waals surface area contributed by atoms with Crippen LogP contribution in [-0.2, 0) is 6.54 Å². The maximum Gasteiger partial charge on any atom is 0.273 e. The van der Waals surface area contributed by atoms with Crippen LogP contribution in [0.5, 0.6) is 0 Å². The summed E-state index contributed by atoms with van der Waals surface area (Å²) in [6, 6.07) is 7.35. The van der Waals surface area contributed by atoms with Crippen LogP contribution in [0, 0.1) is 16.0 Å². The van der Waals surface area contributed by atoms with Gasteiger partial charge >= 0.3 is 0 Å². The molecule has 0 bridgehead atoms. The van der Waals surface area contributed by atoms with Crippen LogP contribution >= 0.6 is 0 Å². The first kappa shape index (κ1) is 14.9. The van der Waals surface area contributed by atoms with Gasteiger partial charge in [0.15, 0.2) is 0 Å². The largest absolute Gasteiger partial charge is 0.310 e. The normalized spacial score (nSPS) is 18.9. The number of likely N-dealkylation sites (tertiary alicyclic amines) is 1. The summed E-state index contributed by atoms with van der Waals surface area (Å²) in [6.07, 6.45) is 2.39. The van der Waals surface area contributed by atoms with Crippen LogP contribution < -0.4 is 5.32 Å². The maximum absolute atomic E-state index is 11.0. The molecule has 2 rings (SSSR count). The van der Waals surface area contributed by atoms with Crippen LogP contribution in [0.4, 0.5) is 5.69 Å². The average Bonchev–Trinajstić information content (AvgIpc) is 2.45. The fourth-order valence-corrected chi connectivity index (χ4v) is 2.80. The van der Waals surface area contributed by atoms with Crippen molar-refractivity contribution >= 4 is 5.69 Å².